The van der Waals surface area contributed by atoms with Gasteiger partial charge in [0.2, 0.25) is 15.9 Å². The summed E-state index contributed by atoms with van der Waals surface area (Å²) in [4.78, 5) is 24.9. The number of sulfonamides is 1. The van der Waals surface area contributed by atoms with Crippen LogP contribution < -0.4 is 10.9 Å². The normalized spacial score (nSPS) is 28.1. The number of hydrogen-bond acceptors (Lipinski definition) is 7. The third-order valence-electron chi connectivity index (χ3n) is 6.15. The lowest BCUT2D eigenvalue weighted by Gasteiger charge is -2.36. The Labute approximate surface area is 169 Å². The number of hydrogen-bond donors (Lipinski definition) is 2. The van der Waals surface area contributed by atoms with Gasteiger partial charge in [-0.15, -0.1) is 0 Å². The van der Waals surface area contributed by atoms with Gasteiger partial charge < -0.3 is 4.90 Å². The highest BCUT2D eigenvalue weighted by Crippen LogP contribution is 2.31. The van der Waals surface area contributed by atoms with E-state index in [-0.39, 0.29) is 41.5 Å². The van der Waals surface area contributed by atoms with Crippen molar-refractivity contribution >= 4 is 21.6 Å². The highest BCUT2D eigenvalue weighted by Gasteiger charge is 2.43. The van der Waals surface area contributed by atoms with Gasteiger partial charge in [-0.25, -0.2) is 13.8 Å². The van der Waals surface area contributed by atoms with Crippen LogP contribution in [0, 0.1) is 16.0 Å². The molecule has 3 unspecified atom stereocenters. The van der Waals surface area contributed by atoms with Gasteiger partial charge in [0.1, 0.15) is 6.04 Å². The summed E-state index contributed by atoms with van der Waals surface area (Å²) in [5, 5.41) is 10.9. The smallest absolute Gasteiger partial charge is 0.270 e. The van der Waals surface area contributed by atoms with Crippen LogP contribution in [0.5, 0.6) is 0 Å². The van der Waals surface area contributed by atoms with Gasteiger partial charge in [0.15, 0.2) is 0 Å². The molecule has 2 saturated heterocycles. The summed E-state index contributed by atoms with van der Waals surface area (Å²) in [6.45, 7) is 0.959. The predicted octanol–water partition coefficient (Wildman–Crippen LogP) is 0.463. The van der Waals surface area contributed by atoms with Crippen LogP contribution in [0.3, 0.4) is 0 Å². The number of nitrogens with zero attached hydrogens (tertiary/aromatic N) is 3. The highest BCUT2D eigenvalue weighted by atomic mass is 32.2. The number of piperazine rings is 1. The second-order valence-corrected chi connectivity index (χ2v) is 9.74. The molecular weight excluding hydrogens is 398 g/mol. The molecule has 2 aliphatic heterocycles. The average molecular weight is 423 g/mol. The molecule has 29 heavy (non-hydrogen) atoms. The molecular formula is C18H25N5O5S. The number of amides is 1. The number of carbonyl (C=O) groups is 1. The highest BCUT2D eigenvalue weighted by molar-refractivity contribution is 7.89. The van der Waals surface area contributed by atoms with Crippen molar-refractivity contribution in [2.24, 2.45) is 5.92 Å². The van der Waals surface area contributed by atoms with Gasteiger partial charge in [-0.05, 0) is 18.9 Å². The van der Waals surface area contributed by atoms with Gasteiger partial charge in [0.05, 0.1) is 9.82 Å². The van der Waals surface area contributed by atoms with Gasteiger partial charge in [0, 0.05) is 50.3 Å². The van der Waals surface area contributed by atoms with Gasteiger partial charge in [-0.3, -0.25) is 20.3 Å². The molecule has 1 saturated carbocycles. The molecule has 0 radical (unpaired) electrons. The lowest BCUT2D eigenvalue weighted by Crippen LogP contribution is -2.55. The van der Waals surface area contributed by atoms with Crippen molar-refractivity contribution in [1.29, 1.82) is 0 Å². The maximum atomic E-state index is 13.0. The summed E-state index contributed by atoms with van der Waals surface area (Å²) in [5.41, 5.74) is 6.12. The third-order valence-corrected chi connectivity index (χ3v) is 8.05. The number of fused-ring (bicyclic) bond motifs is 1. The minimum absolute atomic E-state index is 0.0132. The monoisotopic (exact) mass is 423 g/mol. The van der Waals surface area contributed by atoms with E-state index < -0.39 is 14.9 Å². The molecule has 3 fully saturated rings. The third kappa shape index (κ3) is 3.87. The van der Waals surface area contributed by atoms with Crippen LogP contribution in [-0.4, -0.2) is 66.7 Å². The fourth-order valence-corrected chi connectivity index (χ4v) is 6.00. The Balaban J connectivity index is 1.40. The van der Waals surface area contributed by atoms with Crippen molar-refractivity contribution in [3.05, 3.63) is 34.4 Å². The summed E-state index contributed by atoms with van der Waals surface area (Å²) < 4.78 is 27.0. The van der Waals surface area contributed by atoms with E-state index in [9.17, 15) is 23.3 Å². The Morgan fingerprint density at radius 2 is 1.83 bits per heavy atom. The maximum absolute atomic E-state index is 13.0. The van der Waals surface area contributed by atoms with Crippen LogP contribution in [0.15, 0.2) is 29.2 Å². The maximum Gasteiger partial charge on any atom is 0.270 e. The minimum Gasteiger partial charge on any atom is -0.339 e. The second kappa shape index (κ2) is 7.98. The average Bonchev–Trinajstić information content (AvgIpc) is 3.17. The van der Waals surface area contributed by atoms with E-state index in [2.05, 4.69) is 10.9 Å². The lowest BCUT2D eigenvalue weighted by atomic mass is 9.81. The first kappa shape index (κ1) is 20.2. The molecule has 4 rings (SSSR count). The SMILES string of the molecule is O=C(C1NNC2CCCCC21)N1CCN(S(=O)(=O)c2cccc([N+](=O)[O-])c2)CC1. The summed E-state index contributed by atoms with van der Waals surface area (Å²) >= 11 is 0. The Kier molecular flexibility index (Phi) is 5.56. The van der Waals surface area contributed by atoms with Crippen LogP contribution in [0.1, 0.15) is 25.7 Å². The molecule has 10 nitrogen and oxygen atoms in total. The van der Waals surface area contributed by atoms with Crippen LogP contribution in [-0.2, 0) is 14.8 Å². The fourth-order valence-electron chi connectivity index (χ4n) is 4.54. The molecule has 2 N–H and O–H groups in total. The van der Waals surface area contributed by atoms with Crippen molar-refractivity contribution in [1.82, 2.24) is 20.1 Å². The van der Waals surface area contributed by atoms with Crippen LogP contribution in [0.2, 0.25) is 0 Å². The molecule has 0 spiro atoms. The van der Waals surface area contributed by atoms with E-state index >= 15 is 0 Å². The molecule has 3 aliphatic rings. The molecule has 2 heterocycles. The Morgan fingerprint density at radius 1 is 1.10 bits per heavy atom. The Morgan fingerprint density at radius 3 is 2.55 bits per heavy atom. The number of benzene rings is 1. The quantitative estimate of drug-likeness (QED) is 0.532. The summed E-state index contributed by atoms with van der Waals surface area (Å²) in [7, 11) is -3.84. The van der Waals surface area contributed by atoms with Crippen molar-refractivity contribution in [3.8, 4) is 0 Å². The molecule has 1 aliphatic carbocycles. The summed E-state index contributed by atoms with van der Waals surface area (Å²) in [5.74, 6) is 0.294. The molecule has 11 heteroatoms. The zero-order valence-corrected chi connectivity index (χ0v) is 16.8. The number of hydrazine groups is 1. The molecule has 158 valence electrons. The van der Waals surface area contributed by atoms with Gasteiger partial charge in [-0.2, -0.15) is 4.31 Å². The van der Waals surface area contributed by atoms with E-state index in [1.54, 1.807) is 4.90 Å². The first-order chi connectivity index (χ1) is 13.9. The molecule has 0 bridgehead atoms. The zero-order valence-electron chi connectivity index (χ0n) is 16.0. The van der Waals surface area contributed by atoms with Crippen molar-refractivity contribution in [2.75, 3.05) is 26.2 Å². The topological polar surface area (TPSA) is 125 Å². The largest absolute Gasteiger partial charge is 0.339 e. The molecule has 1 aromatic carbocycles. The van der Waals surface area contributed by atoms with Gasteiger partial charge in [-0.1, -0.05) is 18.9 Å². The fraction of sp³-hybridized carbons (Fsp3) is 0.611. The molecule has 3 atom stereocenters. The standard InChI is InChI=1S/C18H25N5O5S/c24-18(17-15-6-1-2-7-16(15)19-20-17)21-8-10-22(11-9-21)29(27,28)14-5-3-4-13(12-14)23(25)26/h3-5,12,15-17,19-20H,1-2,6-11H2. The van der Waals surface area contributed by atoms with E-state index in [0.29, 0.717) is 19.1 Å². The first-order valence-electron chi connectivity index (χ1n) is 9.92. The van der Waals surface area contributed by atoms with Crippen LogP contribution >= 0.6 is 0 Å². The minimum atomic E-state index is -3.84. The number of non-ortho nitro benzene ring substituents is 1. The van der Waals surface area contributed by atoms with Crippen LogP contribution in [0.4, 0.5) is 5.69 Å². The zero-order chi connectivity index (χ0) is 20.6. The molecule has 1 amide bonds. The summed E-state index contributed by atoms with van der Waals surface area (Å²) in [6.07, 6.45) is 4.38. The Bertz CT molecular complexity index is 900. The van der Waals surface area contributed by atoms with Crippen molar-refractivity contribution < 1.29 is 18.1 Å². The number of nitro groups is 1. The van der Waals surface area contributed by atoms with Gasteiger partial charge in [0.25, 0.3) is 5.69 Å². The number of nitro benzene ring substituents is 1. The second-order valence-electron chi connectivity index (χ2n) is 7.80. The van der Waals surface area contributed by atoms with E-state index in [0.717, 1.165) is 25.3 Å². The first-order valence-corrected chi connectivity index (χ1v) is 11.4. The Hall–Kier alpha value is -2.08. The van der Waals surface area contributed by atoms with Crippen molar-refractivity contribution in [3.63, 3.8) is 0 Å². The van der Waals surface area contributed by atoms with Crippen molar-refractivity contribution in [2.45, 2.75) is 42.7 Å². The number of nitrogens with one attached hydrogen (secondary N) is 2. The molecule has 1 aromatic rings. The predicted molar refractivity (Wildman–Crippen MR) is 104 cm³/mol. The number of carbonyl (C=O) groups excluding carboxylic acids is 1. The summed E-state index contributed by atoms with van der Waals surface area (Å²) in [6, 6.07) is 5.12. The van der Waals surface area contributed by atoms with E-state index in [1.165, 1.54) is 28.9 Å². The van der Waals surface area contributed by atoms with Crippen LogP contribution in [0.25, 0.3) is 0 Å². The van der Waals surface area contributed by atoms with E-state index in [1.807, 2.05) is 0 Å². The molecule has 0 aromatic heterocycles. The van der Waals surface area contributed by atoms with Gasteiger partial charge >= 0.3 is 0 Å². The van der Waals surface area contributed by atoms with E-state index in [4.69, 9.17) is 0 Å². The lowest BCUT2D eigenvalue weighted by molar-refractivity contribution is -0.385. The number of rotatable bonds is 4.